The van der Waals surface area contributed by atoms with Crippen molar-refractivity contribution < 1.29 is 19.1 Å². The van der Waals surface area contributed by atoms with Gasteiger partial charge in [-0.05, 0) is 49.2 Å². The van der Waals surface area contributed by atoms with Crippen molar-refractivity contribution in [2.75, 3.05) is 24.9 Å². The van der Waals surface area contributed by atoms with Gasteiger partial charge >= 0.3 is 11.9 Å². The highest BCUT2D eigenvalue weighted by Gasteiger charge is 2.27. The molecular weight excluding hydrogens is 372 g/mol. The van der Waals surface area contributed by atoms with Crippen molar-refractivity contribution in [3.63, 3.8) is 0 Å². The van der Waals surface area contributed by atoms with E-state index in [9.17, 15) is 9.59 Å². The summed E-state index contributed by atoms with van der Waals surface area (Å²) in [7, 11) is 2.69. The quantitative estimate of drug-likeness (QED) is 0.610. The van der Waals surface area contributed by atoms with Crippen molar-refractivity contribution in [1.29, 1.82) is 0 Å². The van der Waals surface area contributed by atoms with Crippen molar-refractivity contribution in [3.8, 4) is 0 Å². The Kier molecular flexibility index (Phi) is 5.53. The summed E-state index contributed by atoms with van der Waals surface area (Å²) in [4.78, 5) is 25.2. The molecule has 136 valence electrons. The number of para-hydroxylation sites is 1. The molecule has 2 N–H and O–H groups in total. The minimum absolute atomic E-state index is 0.284. The number of thiocarbonyl (C=S) groups is 1. The number of hydrogen-bond acceptors (Lipinski definition) is 6. The van der Waals surface area contributed by atoms with E-state index in [0.717, 1.165) is 24.8 Å². The minimum Gasteiger partial charge on any atom is -0.465 e. The predicted molar refractivity (Wildman–Crippen MR) is 105 cm³/mol. The van der Waals surface area contributed by atoms with Gasteiger partial charge < -0.3 is 20.1 Å². The Balaban J connectivity index is 1.82. The molecule has 0 saturated heterocycles. The number of anilines is 2. The number of aryl methyl sites for hydroxylation is 1. The SMILES string of the molecule is COC(=O)c1ccccc1NC(=S)Nc1sc2c(c1C(=O)OC)CCC2. The van der Waals surface area contributed by atoms with Crippen LogP contribution in [0.3, 0.4) is 0 Å². The lowest BCUT2D eigenvalue weighted by molar-refractivity contribution is 0.0592. The molecule has 0 unspecified atom stereocenters. The van der Waals surface area contributed by atoms with Gasteiger partial charge in [0.1, 0.15) is 5.00 Å². The van der Waals surface area contributed by atoms with Gasteiger partial charge in [-0.1, -0.05) is 12.1 Å². The highest BCUT2D eigenvalue weighted by atomic mass is 32.1. The fourth-order valence-corrected chi connectivity index (χ4v) is 4.51. The van der Waals surface area contributed by atoms with Crippen molar-refractivity contribution in [2.24, 2.45) is 0 Å². The molecule has 0 radical (unpaired) electrons. The highest BCUT2D eigenvalue weighted by Crippen LogP contribution is 2.39. The summed E-state index contributed by atoms with van der Waals surface area (Å²) in [6, 6.07) is 6.91. The van der Waals surface area contributed by atoms with E-state index < -0.39 is 5.97 Å². The monoisotopic (exact) mass is 390 g/mol. The number of benzene rings is 1. The zero-order chi connectivity index (χ0) is 18.7. The van der Waals surface area contributed by atoms with Gasteiger partial charge in [-0.2, -0.15) is 0 Å². The number of nitrogens with one attached hydrogen (secondary N) is 2. The molecule has 26 heavy (non-hydrogen) atoms. The molecule has 6 nitrogen and oxygen atoms in total. The number of carbonyl (C=O) groups excluding carboxylic acids is 2. The molecule has 0 saturated carbocycles. The fourth-order valence-electron chi connectivity index (χ4n) is 2.95. The molecule has 8 heteroatoms. The third-order valence-electron chi connectivity index (χ3n) is 4.12. The molecule has 0 fully saturated rings. The summed E-state index contributed by atoms with van der Waals surface area (Å²) < 4.78 is 9.71. The van der Waals surface area contributed by atoms with Crippen molar-refractivity contribution in [2.45, 2.75) is 19.3 Å². The number of rotatable bonds is 4. The van der Waals surface area contributed by atoms with Crippen molar-refractivity contribution in [3.05, 3.63) is 45.8 Å². The molecule has 1 heterocycles. The first kappa shape index (κ1) is 18.3. The summed E-state index contributed by atoms with van der Waals surface area (Å²) in [5.74, 6) is -0.828. The van der Waals surface area contributed by atoms with Crippen LogP contribution in [0.2, 0.25) is 0 Å². The molecule has 0 spiro atoms. The highest BCUT2D eigenvalue weighted by molar-refractivity contribution is 7.80. The van der Waals surface area contributed by atoms with Gasteiger partial charge in [-0.25, -0.2) is 9.59 Å². The minimum atomic E-state index is -0.457. The number of methoxy groups -OCH3 is 2. The van der Waals surface area contributed by atoms with Crippen LogP contribution in [-0.2, 0) is 22.3 Å². The van der Waals surface area contributed by atoms with Gasteiger partial charge in [-0.3, -0.25) is 0 Å². The molecule has 3 rings (SSSR count). The van der Waals surface area contributed by atoms with E-state index in [2.05, 4.69) is 10.6 Å². The lowest BCUT2D eigenvalue weighted by Crippen LogP contribution is -2.21. The summed E-state index contributed by atoms with van der Waals surface area (Å²) >= 11 is 6.89. The maximum Gasteiger partial charge on any atom is 0.341 e. The Morgan fingerprint density at radius 2 is 1.81 bits per heavy atom. The zero-order valence-electron chi connectivity index (χ0n) is 14.4. The summed E-state index contributed by atoms with van der Waals surface area (Å²) in [6.45, 7) is 0. The lowest BCUT2D eigenvalue weighted by Gasteiger charge is -2.13. The van der Waals surface area contributed by atoms with Crippen LogP contribution in [0.15, 0.2) is 24.3 Å². The molecule has 0 amide bonds. The van der Waals surface area contributed by atoms with E-state index in [4.69, 9.17) is 21.7 Å². The molecule has 1 aliphatic rings. The number of esters is 2. The van der Waals surface area contributed by atoms with Crippen molar-refractivity contribution in [1.82, 2.24) is 0 Å². The van der Waals surface area contributed by atoms with Gasteiger partial charge in [0.25, 0.3) is 0 Å². The topological polar surface area (TPSA) is 76.7 Å². The third-order valence-corrected chi connectivity index (χ3v) is 5.53. The number of hydrogen-bond donors (Lipinski definition) is 2. The number of carbonyl (C=O) groups is 2. The second-order valence-corrected chi connectivity index (χ2v) is 7.18. The first-order valence-corrected chi connectivity index (χ1v) is 9.25. The number of fused-ring (bicyclic) bond motifs is 1. The Morgan fingerprint density at radius 3 is 2.54 bits per heavy atom. The van der Waals surface area contributed by atoms with Gasteiger partial charge in [0, 0.05) is 4.88 Å². The maximum atomic E-state index is 12.2. The molecule has 1 aromatic carbocycles. The van der Waals surface area contributed by atoms with E-state index >= 15 is 0 Å². The van der Waals surface area contributed by atoms with Gasteiger partial charge in [0.05, 0.1) is 31.0 Å². The standard InChI is InChI=1S/C18H18N2O4S2/c1-23-16(21)10-6-3-4-8-12(10)19-18(25)20-15-14(17(22)24-2)11-7-5-9-13(11)26-15/h3-4,6,8H,5,7,9H2,1-2H3,(H2,19,20,25). The van der Waals surface area contributed by atoms with Crippen LogP contribution in [0.5, 0.6) is 0 Å². The van der Waals surface area contributed by atoms with Gasteiger partial charge in [-0.15, -0.1) is 11.3 Å². The van der Waals surface area contributed by atoms with Crippen LogP contribution in [0, 0.1) is 0 Å². The van der Waals surface area contributed by atoms with Crippen LogP contribution >= 0.6 is 23.6 Å². The van der Waals surface area contributed by atoms with Crippen molar-refractivity contribution >= 4 is 51.3 Å². The van der Waals surface area contributed by atoms with Crippen LogP contribution in [-0.4, -0.2) is 31.3 Å². The second-order valence-electron chi connectivity index (χ2n) is 5.67. The molecule has 2 aromatic rings. The first-order valence-electron chi connectivity index (χ1n) is 8.03. The van der Waals surface area contributed by atoms with E-state index in [1.165, 1.54) is 30.4 Å². The Bertz CT molecular complexity index is 876. The molecule has 0 aliphatic heterocycles. The second kappa shape index (κ2) is 7.84. The Labute approximate surface area is 160 Å². The van der Waals surface area contributed by atoms with Crippen LogP contribution in [0.4, 0.5) is 10.7 Å². The number of ether oxygens (including phenoxy) is 2. The van der Waals surface area contributed by atoms with Gasteiger partial charge in [0.2, 0.25) is 0 Å². The number of thiophene rings is 1. The summed E-state index contributed by atoms with van der Waals surface area (Å²) in [5, 5.41) is 7.02. The predicted octanol–water partition coefficient (Wildman–Crippen LogP) is 3.62. The first-order chi connectivity index (χ1) is 12.5. The molecular formula is C18H18N2O4S2. The van der Waals surface area contributed by atoms with Crippen LogP contribution in [0.1, 0.15) is 37.6 Å². The fraction of sp³-hybridized carbons (Fsp3) is 0.278. The zero-order valence-corrected chi connectivity index (χ0v) is 16.0. The van der Waals surface area contributed by atoms with E-state index in [1.807, 2.05) is 0 Å². The largest absolute Gasteiger partial charge is 0.465 e. The molecule has 1 aromatic heterocycles. The summed E-state index contributed by atoms with van der Waals surface area (Å²) in [5.41, 5.74) is 2.50. The summed E-state index contributed by atoms with van der Waals surface area (Å²) in [6.07, 6.45) is 2.86. The Hall–Kier alpha value is -2.45. The molecule has 0 atom stereocenters. The Morgan fingerprint density at radius 1 is 1.08 bits per heavy atom. The van der Waals surface area contributed by atoms with E-state index in [0.29, 0.717) is 21.8 Å². The maximum absolute atomic E-state index is 12.2. The molecule has 1 aliphatic carbocycles. The molecule has 0 bridgehead atoms. The smallest absolute Gasteiger partial charge is 0.341 e. The average Bonchev–Trinajstić information content (AvgIpc) is 3.21. The third kappa shape index (κ3) is 3.56. The van der Waals surface area contributed by atoms with Crippen LogP contribution < -0.4 is 10.6 Å². The van der Waals surface area contributed by atoms with E-state index in [1.54, 1.807) is 24.3 Å². The van der Waals surface area contributed by atoms with E-state index in [-0.39, 0.29) is 11.1 Å². The average molecular weight is 390 g/mol. The van der Waals surface area contributed by atoms with Crippen LogP contribution in [0.25, 0.3) is 0 Å². The van der Waals surface area contributed by atoms with Gasteiger partial charge in [0.15, 0.2) is 5.11 Å². The normalized spacial score (nSPS) is 12.2. The lowest BCUT2D eigenvalue weighted by atomic mass is 10.1.